The zero-order valence-electron chi connectivity index (χ0n) is 26.6. The Balaban J connectivity index is 1.15. The lowest BCUT2D eigenvalue weighted by Gasteiger charge is -2.64. The highest BCUT2D eigenvalue weighted by Crippen LogP contribution is 2.81. The molecule has 16 unspecified atom stereocenters. The van der Waals surface area contributed by atoms with Crippen LogP contribution in [0.5, 0.6) is 0 Å². The summed E-state index contributed by atoms with van der Waals surface area (Å²) in [5.74, 6) is 14.3. The van der Waals surface area contributed by atoms with Gasteiger partial charge in [0.2, 0.25) is 0 Å². The maximum absolute atomic E-state index is 2.91. The molecule has 0 aliphatic heterocycles. The van der Waals surface area contributed by atoms with E-state index in [0.29, 0.717) is 0 Å². The molecule has 0 amide bonds. The molecule has 16 rings (SSSR count). The summed E-state index contributed by atoms with van der Waals surface area (Å²) in [4.78, 5) is 0. The van der Waals surface area contributed by atoms with E-state index in [-0.39, 0.29) is 0 Å². The van der Waals surface area contributed by atoms with Crippen molar-refractivity contribution in [2.24, 2.45) is 94.7 Å². The van der Waals surface area contributed by atoms with Crippen LogP contribution < -0.4 is 0 Å². The molecule has 0 aromatic carbocycles. The summed E-state index contributed by atoms with van der Waals surface area (Å²) >= 11 is 0. The Labute approximate surface area is 267 Å². The molecule has 224 valence electrons. The Kier molecular flexibility index (Phi) is 3.31. The molecular weight excluding hydrogens is 540 g/mol. The molecule has 0 spiro atoms. The Morgan fingerprint density at radius 2 is 1.13 bits per heavy atom. The number of rotatable bonds is 0. The van der Waals surface area contributed by atoms with Gasteiger partial charge in [-0.05, 0) is 205 Å². The van der Waals surface area contributed by atoms with Gasteiger partial charge in [0, 0.05) is 23.7 Å². The molecule has 16 aliphatic rings. The topological polar surface area (TPSA) is 0 Å². The first-order chi connectivity index (χ1) is 22.3. The SMILES string of the molecule is C1=C2CC3CC4=CCC5CC6CCC7CC8CC9CCC%10CCC(C1)C1C%10=C%10C%11=C%12C%13=C(C5C4C4=C%13C%11=C1C2C43)C6C7C%12C8=C%109. The molecule has 0 nitrogen and oxygen atoms in total. The summed E-state index contributed by atoms with van der Waals surface area (Å²) in [6.07, 6.45) is 25.4. The summed E-state index contributed by atoms with van der Waals surface area (Å²) < 4.78 is 0. The first-order valence-corrected chi connectivity index (χ1v) is 20.2. The monoisotopic (exact) mass is 584 g/mol. The van der Waals surface area contributed by atoms with E-state index in [1.807, 2.05) is 44.6 Å². The van der Waals surface area contributed by atoms with Gasteiger partial charge in [-0.25, -0.2) is 0 Å². The smallest absolute Gasteiger partial charge is 0.0106 e. The van der Waals surface area contributed by atoms with Crippen molar-refractivity contribution in [2.75, 3.05) is 0 Å². The minimum Gasteiger partial charge on any atom is -0.0844 e. The van der Waals surface area contributed by atoms with Gasteiger partial charge in [0.05, 0.1) is 0 Å². The van der Waals surface area contributed by atoms with Crippen LogP contribution in [-0.2, 0) is 0 Å². The van der Waals surface area contributed by atoms with Crippen LogP contribution in [0.2, 0.25) is 0 Å². The van der Waals surface area contributed by atoms with Crippen molar-refractivity contribution >= 4 is 0 Å². The van der Waals surface area contributed by atoms with Gasteiger partial charge in [-0.15, -0.1) is 0 Å². The Morgan fingerprint density at radius 1 is 0.400 bits per heavy atom. The minimum atomic E-state index is 0.785. The van der Waals surface area contributed by atoms with E-state index in [4.69, 9.17) is 0 Å². The van der Waals surface area contributed by atoms with E-state index in [2.05, 4.69) is 45.6 Å². The van der Waals surface area contributed by atoms with Gasteiger partial charge in [0.1, 0.15) is 0 Å². The molecule has 0 radical (unpaired) electrons. The molecule has 0 heterocycles. The van der Waals surface area contributed by atoms with E-state index in [0.717, 1.165) is 94.7 Å². The predicted octanol–water partition coefficient (Wildman–Crippen LogP) is 9.77. The van der Waals surface area contributed by atoms with Gasteiger partial charge in [-0.1, -0.05) is 40.0 Å². The zero-order valence-corrected chi connectivity index (χ0v) is 26.6. The third-order valence-corrected chi connectivity index (χ3v) is 19.3. The number of hydrogen-bond donors (Lipinski definition) is 0. The molecule has 0 bridgehead atoms. The highest BCUT2D eigenvalue weighted by molar-refractivity contribution is 5.91. The van der Waals surface area contributed by atoms with Crippen LogP contribution in [0.25, 0.3) is 0 Å². The second kappa shape index (κ2) is 6.63. The number of hydrogen-bond acceptors (Lipinski definition) is 0. The average molecular weight is 585 g/mol. The standard InChI is InChI=1S/C45H44/c1-2-17-4-6-21-13-25-15-23-10-8-19-11-18-7-9-22-14-24-12-20-5-3-16(1)26-27(17)37-33(21)35(25)40-31(23)29(19)38-28(18)30(22)39-34(24)32(20)36(26)41-42(37)45(40)43(38)44(39)41/h5,9,16-19,21,23-26,28-32,34,40H,1-4,6-8,10-15H2. The first-order valence-electron chi connectivity index (χ1n) is 20.2. The molecule has 6 fully saturated rings. The van der Waals surface area contributed by atoms with Gasteiger partial charge in [0.25, 0.3) is 0 Å². The summed E-state index contributed by atoms with van der Waals surface area (Å²) in [6.45, 7) is 0. The van der Waals surface area contributed by atoms with E-state index in [1.54, 1.807) is 32.1 Å². The Hall–Kier alpha value is -2.08. The molecule has 6 saturated carbocycles. The van der Waals surface area contributed by atoms with Crippen LogP contribution in [-0.4, -0.2) is 0 Å². The first kappa shape index (κ1) is 22.5. The molecule has 0 heteroatoms. The molecule has 0 aromatic rings. The normalized spacial score (nSPS) is 57.2. The van der Waals surface area contributed by atoms with Crippen LogP contribution in [0, 0.1) is 94.7 Å². The molecule has 0 saturated heterocycles. The van der Waals surface area contributed by atoms with Crippen molar-refractivity contribution in [3.63, 3.8) is 0 Å². The van der Waals surface area contributed by atoms with Crippen molar-refractivity contribution < 1.29 is 0 Å². The van der Waals surface area contributed by atoms with E-state index in [9.17, 15) is 0 Å². The van der Waals surface area contributed by atoms with Crippen molar-refractivity contribution in [2.45, 2.75) is 83.5 Å². The fourth-order valence-electron chi connectivity index (χ4n) is 18.9. The fraction of sp³-hybridized carbons (Fsp3) is 0.644. The fourth-order valence-corrected chi connectivity index (χ4v) is 18.9. The largest absolute Gasteiger partial charge is 0.0844 e. The highest BCUT2D eigenvalue weighted by Gasteiger charge is 2.70. The van der Waals surface area contributed by atoms with E-state index in [1.165, 1.54) is 51.4 Å². The maximum atomic E-state index is 2.91. The number of allylic oxidation sites excluding steroid dienone is 16. The second-order valence-electron chi connectivity index (χ2n) is 19.8. The average Bonchev–Trinajstić information content (AvgIpc) is 3.67. The molecule has 16 aliphatic carbocycles. The Bertz CT molecular complexity index is 1990. The van der Waals surface area contributed by atoms with Crippen LogP contribution >= 0.6 is 0 Å². The molecular formula is C45H44. The van der Waals surface area contributed by atoms with Crippen molar-refractivity contribution in [1.82, 2.24) is 0 Å². The van der Waals surface area contributed by atoms with Gasteiger partial charge >= 0.3 is 0 Å². The van der Waals surface area contributed by atoms with Crippen molar-refractivity contribution in [1.29, 1.82) is 0 Å². The summed E-state index contributed by atoms with van der Waals surface area (Å²) in [6, 6.07) is 0. The molecule has 0 aromatic heterocycles. The van der Waals surface area contributed by atoms with Gasteiger partial charge in [0.15, 0.2) is 0 Å². The van der Waals surface area contributed by atoms with Gasteiger partial charge in [-0.3, -0.25) is 0 Å². The lowest BCUT2D eigenvalue weighted by Crippen LogP contribution is -2.56. The van der Waals surface area contributed by atoms with Gasteiger partial charge < -0.3 is 0 Å². The Morgan fingerprint density at radius 3 is 2.07 bits per heavy atom. The van der Waals surface area contributed by atoms with Crippen molar-refractivity contribution in [3.8, 4) is 0 Å². The van der Waals surface area contributed by atoms with Crippen molar-refractivity contribution in [3.05, 3.63) is 90.2 Å². The van der Waals surface area contributed by atoms with E-state index < -0.39 is 0 Å². The van der Waals surface area contributed by atoms with Crippen LogP contribution in [0.15, 0.2) is 90.2 Å². The lowest BCUT2D eigenvalue weighted by molar-refractivity contribution is -0.00760. The van der Waals surface area contributed by atoms with Gasteiger partial charge in [-0.2, -0.15) is 0 Å². The third-order valence-electron chi connectivity index (χ3n) is 19.3. The molecule has 16 atom stereocenters. The second-order valence-corrected chi connectivity index (χ2v) is 19.8. The van der Waals surface area contributed by atoms with Crippen LogP contribution in [0.1, 0.15) is 83.5 Å². The maximum Gasteiger partial charge on any atom is 0.0106 e. The summed E-state index contributed by atoms with van der Waals surface area (Å²) in [5, 5.41) is 0. The molecule has 0 N–H and O–H groups in total. The minimum absolute atomic E-state index is 0.785. The lowest BCUT2D eigenvalue weighted by atomic mass is 9.40. The summed E-state index contributed by atoms with van der Waals surface area (Å²) in [7, 11) is 0. The quantitative estimate of drug-likeness (QED) is 0.249. The summed E-state index contributed by atoms with van der Waals surface area (Å²) in [5.41, 5.74) is 28.5. The third kappa shape index (κ3) is 2.00. The van der Waals surface area contributed by atoms with E-state index >= 15 is 0 Å². The molecule has 45 heavy (non-hydrogen) atoms. The zero-order chi connectivity index (χ0) is 27.9. The van der Waals surface area contributed by atoms with Crippen LogP contribution in [0.4, 0.5) is 0 Å². The predicted molar refractivity (Wildman–Crippen MR) is 174 cm³/mol. The highest BCUT2D eigenvalue weighted by atomic mass is 14.7. The van der Waals surface area contributed by atoms with Crippen LogP contribution in [0.3, 0.4) is 0 Å².